The molecule has 0 fully saturated rings. The summed E-state index contributed by atoms with van der Waals surface area (Å²) >= 11 is 0. The molecule has 2 aromatic carbocycles. The number of halogens is 1. The number of carbonyl (C=O) groups excluding carboxylic acids is 1. The lowest BCUT2D eigenvalue weighted by Gasteiger charge is -2.35. The SMILES string of the molecule is O=C(O)C1c2ccccc2CCN1C(=O)CC(O)c1cccc(F)c1. The normalized spacial score (nSPS) is 17.7. The molecule has 2 aromatic rings. The fraction of sp³-hybridized carbons (Fsp3) is 0.263. The van der Waals surface area contributed by atoms with Gasteiger partial charge in [-0.05, 0) is 35.2 Å². The highest BCUT2D eigenvalue weighted by Crippen LogP contribution is 2.31. The van der Waals surface area contributed by atoms with Gasteiger partial charge in [-0.3, -0.25) is 4.79 Å². The average molecular weight is 343 g/mol. The molecule has 0 saturated carbocycles. The number of carboxylic acids is 1. The van der Waals surface area contributed by atoms with Crippen molar-refractivity contribution in [1.29, 1.82) is 0 Å². The van der Waals surface area contributed by atoms with Crippen molar-refractivity contribution in [2.24, 2.45) is 0 Å². The number of aliphatic hydroxyl groups is 1. The number of fused-ring (bicyclic) bond motifs is 1. The van der Waals surface area contributed by atoms with Gasteiger partial charge >= 0.3 is 5.97 Å². The lowest BCUT2D eigenvalue weighted by atomic mass is 9.92. The fourth-order valence-electron chi connectivity index (χ4n) is 3.22. The molecule has 130 valence electrons. The van der Waals surface area contributed by atoms with Crippen LogP contribution in [-0.4, -0.2) is 33.5 Å². The molecule has 2 N–H and O–H groups in total. The van der Waals surface area contributed by atoms with Crippen molar-refractivity contribution in [3.8, 4) is 0 Å². The summed E-state index contributed by atoms with van der Waals surface area (Å²) in [6, 6.07) is 11.5. The van der Waals surface area contributed by atoms with Gasteiger partial charge in [0.15, 0.2) is 6.04 Å². The number of amides is 1. The maximum Gasteiger partial charge on any atom is 0.331 e. The summed E-state index contributed by atoms with van der Waals surface area (Å²) in [6.07, 6.45) is -0.924. The molecule has 25 heavy (non-hydrogen) atoms. The molecular formula is C19H18FNO4. The van der Waals surface area contributed by atoms with E-state index in [2.05, 4.69) is 0 Å². The Bertz CT molecular complexity index is 808. The number of carboxylic acid groups (broad SMARTS) is 1. The van der Waals surface area contributed by atoms with Crippen LogP contribution in [0.5, 0.6) is 0 Å². The highest BCUT2D eigenvalue weighted by Gasteiger charge is 2.36. The number of hydrogen-bond acceptors (Lipinski definition) is 3. The Labute approximate surface area is 144 Å². The molecule has 5 nitrogen and oxygen atoms in total. The lowest BCUT2D eigenvalue weighted by Crippen LogP contribution is -2.43. The lowest BCUT2D eigenvalue weighted by molar-refractivity contribution is -0.152. The van der Waals surface area contributed by atoms with E-state index in [-0.39, 0.29) is 18.5 Å². The minimum Gasteiger partial charge on any atom is -0.479 e. The van der Waals surface area contributed by atoms with Crippen molar-refractivity contribution in [2.75, 3.05) is 6.54 Å². The largest absolute Gasteiger partial charge is 0.479 e. The number of rotatable bonds is 4. The van der Waals surface area contributed by atoms with Gasteiger partial charge in [-0.2, -0.15) is 0 Å². The van der Waals surface area contributed by atoms with Gasteiger partial charge in [0, 0.05) is 6.54 Å². The molecule has 0 spiro atoms. The van der Waals surface area contributed by atoms with Crippen molar-refractivity contribution in [3.63, 3.8) is 0 Å². The third-order valence-corrected chi connectivity index (χ3v) is 4.44. The standard InChI is InChI=1S/C19H18FNO4/c20-14-6-3-5-13(10-14)16(22)11-17(23)21-9-8-12-4-1-2-7-15(12)18(21)19(24)25/h1-7,10,16,18,22H,8-9,11H2,(H,24,25). The first-order valence-electron chi connectivity index (χ1n) is 8.01. The molecule has 1 heterocycles. The summed E-state index contributed by atoms with van der Waals surface area (Å²) < 4.78 is 13.3. The van der Waals surface area contributed by atoms with Crippen molar-refractivity contribution in [2.45, 2.75) is 25.0 Å². The van der Waals surface area contributed by atoms with Crippen molar-refractivity contribution < 1.29 is 24.2 Å². The molecule has 6 heteroatoms. The molecule has 0 bridgehead atoms. The predicted octanol–water partition coefficient (Wildman–Crippen LogP) is 2.46. The summed E-state index contributed by atoms with van der Waals surface area (Å²) in [4.78, 5) is 25.6. The second-order valence-electron chi connectivity index (χ2n) is 6.05. The fourth-order valence-corrected chi connectivity index (χ4v) is 3.22. The monoisotopic (exact) mass is 343 g/mol. The zero-order valence-corrected chi connectivity index (χ0v) is 13.4. The summed E-state index contributed by atoms with van der Waals surface area (Å²) in [5.74, 6) is -2.08. The van der Waals surface area contributed by atoms with Crippen LogP contribution in [0.4, 0.5) is 4.39 Å². The minimum absolute atomic E-state index is 0.267. The molecule has 1 aliphatic heterocycles. The molecule has 0 aliphatic carbocycles. The summed E-state index contributed by atoms with van der Waals surface area (Å²) in [7, 11) is 0. The predicted molar refractivity (Wildman–Crippen MR) is 88.2 cm³/mol. The van der Waals surface area contributed by atoms with Gasteiger partial charge in [-0.15, -0.1) is 0 Å². The van der Waals surface area contributed by atoms with Gasteiger partial charge in [-0.1, -0.05) is 36.4 Å². The number of nitrogens with zero attached hydrogens (tertiary/aromatic N) is 1. The molecule has 1 amide bonds. The topological polar surface area (TPSA) is 77.8 Å². The second-order valence-corrected chi connectivity index (χ2v) is 6.05. The van der Waals surface area contributed by atoms with E-state index in [0.717, 1.165) is 11.6 Å². The Morgan fingerprint density at radius 2 is 1.96 bits per heavy atom. The number of benzene rings is 2. The van der Waals surface area contributed by atoms with Gasteiger partial charge in [0.25, 0.3) is 0 Å². The highest BCUT2D eigenvalue weighted by molar-refractivity contribution is 5.86. The van der Waals surface area contributed by atoms with Crippen molar-refractivity contribution in [1.82, 2.24) is 4.90 Å². The van der Waals surface area contributed by atoms with Crippen LogP contribution in [-0.2, 0) is 16.0 Å². The maximum absolute atomic E-state index is 13.3. The number of aliphatic carboxylic acids is 1. The van der Waals surface area contributed by atoms with Crippen LogP contribution in [0.1, 0.15) is 35.3 Å². The van der Waals surface area contributed by atoms with E-state index < -0.39 is 29.8 Å². The van der Waals surface area contributed by atoms with E-state index >= 15 is 0 Å². The second kappa shape index (κ2) is 7.03. The Kier molecular flexibility index (Phi) is 4.81. The van der Waals surface area contributed by atoms with Gasteiger partial charge in [0.05, 0.1) is 12.5 Å². The first-order chi connectivity index (χ1) is 12.0. The Balaban J connectivity index is 1.80. The molecule has 0 aromatic heterocycles. The maximum atomic E-state index is 13.3. The van der Waals surface area contributed by atoms with Crippen molar-refractivity contribution >= 4 is 11.9 Å². The van der Waals surface area contributed by atoms with Crippen LogP contribution >= 0.6 is 0 Å². The van der Waals surface area contributed by atoms with Crippen LogP contribution in [0.25, 0.3) is 0 Å². The average Bonchev–Trinajstić information content (AvgIpc) is 2.60. The van der Waals surface area contributed by atoms with Crippen LogP contribution < -0.4 is 0 Å². The molecule has 1 aliphatic rings. The van der Waals surface area contributed by atoms with Crippen LogP contribution in [0.2, 0.25) is 0 Å². The van der Waals surface area contributed by atoms with Crippen LogP contribution in [0, 0.1) is 5.82 Å². The molecule has 2 atom stereocenters. The summed E-state index contributed by atoms with van der Waals surface area (Å²) in [6.45, 7) is 0.267. The zero-order chi connectivity index (χ0) is 18.0. The summed E-state index contributed by atoms with van der Waals surface area (Å²) in [5, 5.41) is 19.8. The quantitative estimate of drug-likeness (QED) is 0.894. The molecule has 0 saturated heterocycles. The van der Waals surface area contributed by atoms with Crippen LogP contribution in [0.3, 0.4) is 0 Å². The van der Waals surface area contributed by atoms with Crippen LogP contribution in [0.15, 0.2) is 48.5 Å². The van der Waals surface area contributed by atoms with Gasteiger partial charge < -0.3 is 15.1 Å². The van der Waals surface area contributed by atoms with Gasteiger partial charge in [0.2, 0.25) is 5.91 Å². The van der Waals surface area contributed by atoms with E-state index in [4.69, 9.17) is 0 Å². The smallest absolute Gasteiger partial charge is 0.331 e. The van der Waals surface area contributed by atoms with E-state index in [1.165, 1.54) is 23.1 Å². The van der Waals surface area contributed by atoms with Crippen molar-refractivity contribution in [3.05, 3.63) is 71.0 Å². The first-order valence-corrected chi connectivity index (χ1v) is 8.01. The van der Waals surface area contributed by atoms with Gasteiger partial charge in [-0.25, -0.2) is 9.18 Å². The molecular weight excluding hydrogens is 325 g/mol. The molecule has 3 rings (SSSR count). The third kappa shape index (κ3) is 3.53. The Morgan fingerprint density at radius 3 is 2.68 bits per heavy atom. The Hall–Kier alpha value is -2.73. The third-order valence-electron chi connectivity index (χ3n) is 4.44. The number of aliphatic hydroxyl groups excluding tert-OH is 1. The van der Waals surface area contributed by atoms with E-state index in [1.807, 2.05) is 12.1 Å². The zero-order valence-electron chi connectivity index (χ0n) is 13.4. The van der Waals surface area contributed by atoms with E-state index in [0.29, 0.717) is 12.0 Å². The first kappa shape index (κ1) is 17.1. The molecule has 2 unspecified atom stereocenters. The number of carbonyl (C=O) groups is 2. The number of hydrogen-bond donors (Lipinski definition) is 2. The summed E-state index contributed by atoms with van der Waals surface area (Å²) in [5.41, 5.74) is 1.79. The Morgan fingerprint density at radius 1 is 1.20 bits per heavy atom. The van der Waals surface area contributed by atoms with Gasteiger partial charge in [0.1, 0.15) is 5.82 Å². The minimum atomic E-state index is -1.19. The van der Waals surface area contributed by atoms with E-state index in [9.17, 15) is 24.2 Å². The van der Waals surface area contributed by atoms with E-state index in [1.54, 1.807) is 12.1 Å². The molecule has 0 radical (unpaired) electrons. The highest BCUT2D eigenvalue weighted by atomic mass is 19.1.